The summed E-state index contributed by atoms with van der Waals surface area (Å²) in [5, 5.41) is 10.1. The average Bonchev–Trinajstić information content (AvgIpc) is 3.23. The number of piperidine rings is 1. The quantitative estimate of drug-likeness (QED) is 0.328. The number of imidazole rings is 1. The number of nitrogens with zero attached hydrogens (tertiary/aromatic N) is 4. The van der Waals surface area contributed by atoms with Crippen LogP contribution in [0.5, 0.6) is 11.5 Å². The number of pyridine rings is 1. The number of hydrogen-bond donors (Lipinski definition) is 1. The van der Waals surface area contributed by atoms with Crippen LogP contribution in [0.3, 0.4) is 0 Å². The van der Waals surface area contributed by atoms with Gasteiger partial charge in [0.1, 0.15) is 11.5 Å². The highest BCUT2D eigenvalue weighted by Crippen LogP contribution is 2.62. The Hall–Kier alpha value is -3.66. The van der Waals surface area contributed by atoms with Crippen molar-refractivity contribution in [3.63, 3.8) is 0 Å². The molecule has 0 spiro atoms. The lowest BCUT2D eigenvalue weighted by Crippen LogP contribution is -2.33. The van der Waals surface area contributed by atoms with Gasteiger partial charge in [-0.25, -0.2) is 9.78 Å². The summed E-state index contributed by atoms with van der Waals surface area (Å²) in [6, 6.07) is 15.0. The van der Waals surface area contributed by atoms with Crippen LogP contribution in [-0.4, -0.2) is 56.3 Å². The van der Waals surface area contributed by atoms with Crippen LogP contribution >= 0.6 is 11.6 Å². The van der Waals surface area contributed by atoms with Crippen LogP contribution in [0.1, 0.15) is 46.7 Å². The highest BCUT2D eigenvalue weighted by atomic mass is 35.5. The first-order valence-corrected chi connectivity index (χ1v) is 14.4. The van der Waals surface area contributed by atoms with E-state index in [1.807, 2.05) is 31.2 Å². The van der Waals surface area contributed by atoms with Gasteiger partial charge in [0.25, 0.3) is 5.79 Å². The maximum Gasteiger partial charge on any atom is 0.335 e. The number of rotatable bonds is 7. The summed E-state index contributed by atoms with van der Waals surface area (Å²) < 4.78 is 20.6. The Morgan fingerprint density at radius 2 is 1.98 bits per heavy atom. The van der Waals surface area contributed by atoms with Gasteiger partial charge in [-0.3, -0.25) is 9.88 Å². The van der Waals surface area contributed by atoms with Gasteiger partial charge in [0.05, 0.1) is 40.8 Å². The van der Waals surface area contributed by atoms with Crippen LogP contribution in [0.2, 0.25) is 5.02 Å². The molecule has 0 bridgehead atoms. The van der Waals surface area contributed by atoms with Crippen molar-refractivity contribution in [2.75, 3.05) is 19.7 Å². The number of carboxylic acid groups (broad SMARTS) is 1. The molecule has 41 heavy (non-hydrogen) atoms. The summed E-state index contributed by atoms with van der Waals surface area (Å²) in [6.07, 6.45) is 2.76. The van der Waals surface area contributed by atoms with Gasteiger partial charge in [-0.15, -0.1) is 0 Å². The third-order valence-corrected chi connectivity index (χ3v) is 9.27. The maximum atomic E-state index is 11.6. The molecule has 0 amide bonds. The first kappa shape index (κ1) is 25.1. The van der Waals surface area contributed by atoms with Crippen molar-refractivity contribution in [3.8, 4) is 11.5 Å². The number of para-hydroxylation sites is 1. The second-order valence-electron chi connectivity index (χ2n) is 11.7. The summed E-state index contributed by atoms with van der Waals surface area (Å²) in [7, 11) is 0. The van der Waals surface area contributed by atoms with Crippen molar-refractivity contribution in [2.45, 2.75) is 44.2 Å². The predicted octanol–water partition coefficient (Wildman–Crippen LogP) is 5.06. The molecule has 3 aliphatic heterocycles. The topological polar surface area (TPSA) is 98.9 Å². The fourth-order valence-electron chi connectivity index (χ4n) is 6.83. The van der Waals surface area contributed by atoms with Gasteiger partial charge < -0.3 is 23.9 Å². The molecule has 3 fully saturated rings. The standard InChI is InChI=1S/C31H29ClN4O5/c1-31(26-8-6-18(32)12-33-26)40-25-4-2-3-20(29(25)41-31)28-21-14-35(15-22(21)28)16-27-34-23-7-5-17(30(37)38)11-24(23)36(27)13-19-9-10-39-19/h2-8,11-12,19,21-22,28H,9-10,13-16H2,1H3,(H,37,38)/t19-,21-,22+,28+,31?/m0/s1. The maximum absolute atomic E-state index is 11.6. The zero-order valence-electron chi connectivity index (χ0n) is 22.5. The van der Waals surface area contributed by atoms with E-state index >= 15 is 0 Å². The van der Waals surface area contributed by atoms with Crippen LogP contribution in [0, 0.1) is 11.8 Å². The van der Waals surface area contributed by atoms with Gasteiger partial charge in [0, 0.05) is 38.4 Å². The Morgan fingerprint density at radius 1 is 1.15 bits per heavy atom. The van der Waals surface area contributed by atoms with Gasteiger partial charge in [-0.1, -0.05) is 23.7 Å². The van der Waals surface area contributed by atoms with E-state index in [0.29, 0.717) is 35.0 Å². The zero-order valence-corrected chi connectivity index (χ0v) is 23.3. The average molecular weight is 573 g/mol. The third kappa shape index (κ3) is 4.17. The van der Waals surface area contributed by atoms with Crippen LogP contribution in [0.15, 0.2) is 54.7 Å². The number of benzene rings is 2. The van der Waals surface area contributed by atoms with Gasteiger partial charge in [0.2, 0.25) is 0 Å². The van der Waals surface area contributed by atoms with E-state index in [9.17, 15) is 9.90 Å². The molecule has 8 rings (SSSR count). The lowest BCUT2D eigenvalue weighted by molar-refractivity contribution is -0.0721. The molecule has 10 heteroatoms. The Labute approximate surface area is 241 Å². The number of fused-ring (bicyclic) bond motifs is 3. The van der Waals surface area contributed by atoms with E-state index in [1.54, 1.807) is 24.4 Å². The predicted molar refractivity (Wildman–Crippen MR) is 150 cm³/mol. The number of halogens is 1. The number of likely N-dealkylation sites (tertiary alicyclic amines) is 1. The summed E-state index contributed by atoms with van der Waals surface area (Å²) in [4.78, 5) is 23.5. The first-order valence-electron chi connectivity index (χ1n) is 14.1. The molecule has 1 saturated carbocycles. The first-order chi connectivity index (χ1) is 19.9. The molecule has 9 nitrogen and oxygen atoms in total. The van der Waals surface area contributed by atoms with Crippen molar-refractivity contribution in [1.82, 2.24) is 19.4 Å². The van der Waals surface area contributed by atoms with Gasteiger partial charge >= 0.3 is 5.97 Å². The second kappa shape index (κ2) is 9.17. The van der Waals surface area contributed by atoms with E-state index in [2.05, 4.69) is 20.5 Å². The molecule has 1 unspecified atom stereocenters. The van der Waals surface area contributed by atoms with Gasteiger partial charge in [0.15, 0.2) is 11.5 Å². The van der Waals surface area contributed by atoms with Crippen molar-refractivity contribution in [3.05, 3.63) is 82.4 Å². The number of aromatic carboxylic acids is 1. The summed E-state index contributed by atoms with van der Waals surface area (Å²) in [5.74, 6) is 2.09. The fraction of sp³-hybridized carbons (Fsp3) is 0.387. The Kier molecular flexibility index (Phi) is 5.61. The summed E-state index contributed by atoms with van der Waals surface area (Å²) >= 11 is 6.04. The van der Waals surface area contributed by atoms with E-state index in [1.165, 1.54) is 5.56 Å². The molecular formula is C31H29ClN4O5. The Morgan fingerprint density at radius 3 is 2.68 bits per heavy atom. The molecule has 5 atom stereocenters. The largest absolute Gasteiger partial charge is 0.478 e. The molecule has 2 saturated heterocycles. The third-order valence-electron chi connectivity index (χ3n) is 9.05. The van der Waals surface area contributed by atoms with E-state index in [-0.39, 0.29) is 11.7 Å². The molecule has 5 heterocycles. The number of carbonyl (C=O) groups is 1. The smallest absolute Gasteiger partial charge is 0.335 e. The van der Waals surface area contributed by atoms with Gasteiger partial charge in [-0.2, -0.15) is 0 Å². The SMILES string of the molecule is CC1(c2ccc(Cl)cn2)Oc2cccc([C@H]3[C@@H]4CN(Cc5nc6ccc(C(=O)O)cc6n5C[C@@H]5CCO5)C[C@@H]43)c2O1. The Bertz CT molecular complexity index is 1670. The van der Waals surface area contributed by atoms with Crippen molar-refractivity contribution < 1.29 is 24.1 Å². The van der Waals surface area contributed by atoms with Crippen LogP contribution < -0.4 is 9.47 Å². The van der Waals surface area contributed by atoms with Crippen LogP contribution in [0.25, 0.3) is 11.0 Å². The fourth-order valence-corrected chi connectivity index (χ4v) is 6.94. The number of aromatic nitrogens is 3. The molecule has 0 radical (unpaired) electrons. The lowest BCUT2D eigenvalue weighted by atomic mass is 10.0. The normalized spacial score (nSPS) is 28.0. The highest BCUT2D eigenvalue weighted by Gasteiger charge is 2.58. The molecular weight excluding hydrogens is 544 g/mol. The van der Waals surface area contributed by atoms with E-state index in [4.69, 9.17) is 30.8 Å². The minimum atomic E-state index is -0.997. The minimum Gasteiger partial charge on any atom is -0.478 e. The van der Waals surface area contributed by atoms with E-state index < -0.39 is 11.8 Å². The van der Waals surface area contributed by atoms with Crippen LogP contribution in [0.4, 0.5) is 0 Å². The number of ether oxygens (including phenoxy) is 3. The molecule has 1 aliphatic carbocycles. The summed E-state index contributed by atoms with van der Waals surface area (Å²) in [5.41, 5.74) is 3.83. The van der Waals surface area contributed by atoms with E-state index in [0.717, 1.165) is 61.0 Å². The van der Waals surface area contributed by atoms with Crippen LogP contribution in [-0.2, 0) is 23.6 Å². The minimum absolute atomic E-state index is 0.146. The van der Waals surface area contributed by atoms with Gasteiger partial charge in [-0.05, 0) is 60.6 Å². The molecule has 1 N–H and O–H groups in total. The second-order valence-corrected chi connectivity index (χ2v) is 12.1. The van der Waals surface area contributed by atoms with Crippen molar-refractivity contribution in [1.29, 1.82) is 0 Å². The zero-order chi connectivity index (χ0) is 27.9. The van der Waals surface area contributed by atoms with Crippen molar-refractivity contribution in [2.24, 2.45) is 11.8 Å². The Balaban J connectivity index is 1.00. The van der Waals surface area contributed by atoms with Crippen molar-refractivity contribution >= 4 is 28.6 Å². The summed E-state index contributed by atoms with van der Waals surface area (Å²) in [6.45, 7) is 6.02. The monoisotopic (exact) mass is 572 g/mol. The number of carboxylic acids is 1. The molecule has 210 valence electrons. The molecule has 4 aromatic rings. The lowest BCUT2D eigenvalue weighted by Gasteiger charge is -2.28. The molecule has 4 aliphatic rings. The molecule has 2 aromatic heterocycles. The number of hydrogen-bond acceptors (Lipinski definition) is 7. The molecule has 2 aromatic carbocycles. The highest BCUT2D eigenvalue weighted by molar-refractivity contribution is 6.30.